The van der Waals surface area contributed by atoms with Crippen LogP contribution < -0.4 is 15.4 Å². The fourth-order valence-corrected chi connectivity index (χ4v) is 3.14. The van der Waals surface area contributed by atoms with Crippen molar-refractivity contribution in [2.75, 3.05) is 43.9 Å². The van der Waals surface area contributed by atoms with Crippen molar-refractivity contribution in [3.05, 3.63) is 35.3 Å². The number of anilines is 2. The topological polar surface area (TPSA) is 54.6 Å². The third kappa shape index (κ3) is 3.46. The van der Waals surface area contributed by atoms with E-state index in [1.54, 1.807) is 7.11 Å². The average molecular weight is 304 g/mol. The van der Waals surface area contributed by atoms with Crippen LogP contribution in [0, 0.1) is 0 Å². The molecule has 3 rings (SSSR count). The highest BCUT2D eigenvalue weighted by atomic mass is 32.1. The van der Waals surface area contributed by atoms with Crippen LogP contribution in [0.1, 0.15) is 5.69 Å². The molecule has 6 heteroatoms. The second-order valence-electron chi connectivity index (χ2n) is 5.14. The van der Waals surface area contributed by atoms with Gasteiger partial charge in [0, 0.05) is 43.8 Å². The van der Waals surface area contributed by atoms with Crippen molar-refractivity contribution in [1.29, 1.82) is 0 Å². The first kappa shape index (κ1) is 14.2. The van der Waals surface area contributed by atoms with Gasteiger partial charge in [-0.1, -0.05) is 0 Å². The van der Waals surface area contributed by atoms with Gasteiger partial charge < -0.3 is 15.4 Å². The van der Waals surface area contributed by atoms with Crippen LogP contribution in [0.3, 0.4) is 0 Å². The van der Waals surface area contributed by atoms with E-state index in [1.165, 1.54) is 17.0 Å². The molecule has 1 saturated heterocycles. The molecule has 2 N–H and O–H groups in total. The first-order chi connectivity index (χ1) is 10.2. The lowest BCUT2D eigenvalue weighted by Gasteiger charge is -2.35. The molecule has 2 aromatic rings. The minimum absolute atomic E-state index is 0.655. The monoisotopic (exact) mass is 304 g/mol. The van der Waals surface area contributed by atoms with Crippen LogP contribution in [0.5, 0.6) is 5.75 Å². The summed E-state index contributed by atoms with van der Waals surface area (Å²) in [6.45, 7) is 5.05. The highest BCUT2D eigenvalue weighted by molar-refractivity contribution is 7.13. The molecule has 2 heterocycles. The number of thiazole rings is 1. The van der Waals surface area contributed by atoms with Crippen LogP contribution in [-0.2, 0) is 6.54 Å². The molecule has 0 unspecified atom stereocenters. The molecule has 5 nitrogen and oxygen atoms in total. The highest BCUT2D eigenvalue weighted by Gasteiger charge is 2.18. The van der Waals surface area contributed by atoms with Gasteiger partial charge in [0.05, 0.1) is 12.8 Å². The number of piperazine rings is 1. The molecule has 0 saturated carbocycles. The number of rotatable bonds is 4. The molecule has 1 aromatic carbocycles. The van der Waals surface area contributed by atoms with Crippen molar-refractivity contribution in [3.63, 3.8) is 0 Å². The summed E-state index contributed by atoms with van der Waals surface area (Å²) >= 11 is 1.51. The van der Waals surface area contributed by atoms with Crippen molar-refractivity contribution in [1.82, 2.24) is 9.88 Å². The maximum Gasteiger partial charge on any atom is 0.180 e. The molecule has 0 bridgehead atoms. The fraction of sp³-hybridized carbons (Fsp3) is 0.400. The molecule has 21 heavy (non-hydrogen) atoms. The van der Waals surface area contributed by atoms with Gasteiger partial charge in [0.15, 0.2) is 5.13 Å². The summed E-state index contributed by atoms with van der Waals surface area (Å²) in [5.41, 5.74) is 8.01. The molecule has 1 aliphatic heterocycles. The summed E-state index contributed by atoms with van der Waals surface area (Å²) in [6.07, 6.45) is 0. The van der Waals surface area contributed by atoms with Crippen molar-refractivity contribution < 1.29 is 4.74 Å². The minimum Gasteiger partial charge on any atom is -0.497 e. The third-order valence-electron chi connectivity index (χ3n) is 3.76. The van der Waals surface area contributed by atoms with Crippen molar-refractivity contribution in [2.24, 2.45) is 0 Å². The van der Waals surface area contributed by atoms with Crippen molar-refractivity contribution in [3.8, 4) is 5.75 Å². The standard InChI is InChI=1S/C15H20N4OS/c1-20-14-4-2-13(3-5-14)19-8-6-18(7-9-19)10-12-11-21-15(16)17-12/h2-5,11H,6-10H2,1H3,(H2,16,17). The summed E-state index contributed by atoms with van der Waals surface area (Å²) in [5.74, 6) is 0.901. The van der Waals surface area contributed by atoms with E-state index in [-0.39, 0.29) is 0 Å². The Labute approximate surface area is 129 Å². The summed E-state index contributed by atoms with van der Waals surface area (Å²) in [7, 11) is 1.69. The van der Waals surface area contributed by atoms with E-state index in [4.69, 9.17) is 10.5 Å². The first-order valence-corrected chi connectivity index (χ1v) is 7.94. The zero-order valence-corrected chi connectivity index (χ0v) is 13.0. The Morgan fingerprint density at radius 1 is 1.19 bits per heavy atom. The van der Waals surface area contributed by atoms with E-state index in [0.717, 1.165) is 44.2 Å². The number of hydrogen-bond donors (Lipinski definition) is 1. The number of benzene rings is 1. The van der Waals surface area contributed by atoms with Gasteiger partial charge in [0.1, 0.15) is 5.75 Å². The third-order valence-corrected chi connectivity index (χ3v) is 4.49. The quantitative estimate of drug-likeness (QED) is 0.937. The zero-order valence-electron chi connectivity index (χ0n) is 12.2. The maximum atomic E-state index is 5.68. The van der Waals surface area contributed by atoms with Gasteiger partial charge in [-0.15, -0.1) is 11.3 Å². The van der Waals surface area contributed by atoms with Crippen molar-refractivity contribution >= 4 is 22.2 Å². The molecule has 1 fully saturated rings. The van der Waals surface area contributed by atoms with Gasteiger partial charge >= 0.3 is 0 Å². The highest BCUT2D eigenvalue weighted by Crippen LogP contribution is 2.21. The zero-order chi connectivity index (χ0) is 14.7. The number of aromatic nitrogens is 1. The predicted molar refractivity (Wildman–Crippen MR) is 87.0 cm³/mol. The summed E-state index contributed by atoms with van der Waals surface area (Å²) < 4.78 is 5.20. The lowest BCUT2D eigenvalue weighted by atomic mass is 10.2. The number of nitrogen functional groups attached to an aromatic ring is 1. The van der Waals surface area contributed by atoms with Gasteiger partial charge in [-0.2, -0.15) is 0 Å². The summed E-state index contributed by atoms with van der Waals surface area (Å²) in [4.78, 5) is 9.16. The molecule has 0 spiro atoms. The van der Waals surface area contributed by atoms with Gasteiger partial charge in [0.2, 0.25) is 0 Å². The van der Waals surface area contributed by atoms with E-state index in [0.29, 0.717) is 5.13 Å². The van der Waals surface area contributed by atoms with Gasteiger partial charge in [-0.05, 0) is 24.3 Å². The predicted octanol–water partition coefficient (Wildman–Crippen LogP) is 2.06. The molecular formula is C15H20N4OS. The largest absolute Gasteiger partial charge is 0.497 e. The smallest absolute Gasteiger partial charge is 0.180 e. The summed E-state index contributed by atoms with van der Waals surface area (Å²) in [6, 6.07) is 8.27. The molecule has 1 aliphatic rings. The number of hydrogen-bond acceptors (Lipinski definition) is 6. The number of nitrogens with zero attached hydrogens (tertiary/aromatic N) is 3. The van der Waals surface area contributed by atoms with Crippen LogP contribution in [0.25, 0.3) is 0 Å². The summed E-state index contributed by atoms with van der Waals surface area (Å²) in [5, 5.41) is 2.70. The second-order valence-corrected chi connectivity index (χ2v) is 6.03. The molecule has 0 radical (unpaired) electrons. The van der Waals surface area contributed by atoms with Crippen LogP contribution in [0.2, 0.25) is 0 Å². The SMILES string of the molecule is COc1ccc(N2CCN(Cc3csc(N)n3)CC2)cc1. The molecule has 0 aliphatic carbocycles. The Morgan fingerprint density at radius 3 is 2.48 bits per heavy atom. The van der Waals surface area contributed by atoms with Crippen LogP contribution in [0.15, 0.2) is 29.6 Å². The number of methoxy groups -OCH3 is 1. The normalized spacial score (nSPS) is 16.1. The van der Waals surface area contributed by atoms with Crippen molar-refractivity contribution in [2.45, 2.75) is 6.54 Å². The number of nitrogens with two attached hydrogens (primary N) is 1. The van der Waals surface area contributed by atoms with E-state index in [1.807, 2.05) is 17.5 Å². The maximum absolute atomic E-state index is 5.68. The van der Waals surface area contributed by atoms with E-state index < -0.39 is 0 Å². The Bertz CT molecular complexity index is 576. The molecule has 0 amide bonds. The molecule has 112 valence electrons. The van der Waals surface area contributed by atoms with Crippen LogP contribution >= 0.6 is 11.3 Å². The Hall–Kier alpha value is -1.79. The average Bonchev–Trinajstić information content (AvgIpc) is 2.93. The first-order valence-electron chi connectivity index (χ1n) is 7.06. The van der Waals surface area contributed by atoms with E-state index >= 15 is 0 Å². The number of ether oxygens (including phenoxy) is 1. The molecule has 0 atom stereocenters. The van der Waals surface area contributed by atoms with Crippen LogP contribution in [0.4, 0.5) is 10.8 Å². The molecule has 1 aromatic heterocycles. The Kier molecular flexibility index (Phi) is 4.26. The minimum atomic E-state index is 0.655. The van der Waals surface area contributed by atoms with Gasteiger partial charge in [0.25, 0.3) is 0 Å². The fourth-order valence-electron chi connectivity index (χ4n) is 2.58. The Morgan fingerprint density at radius 2 is 1.90 bits per heavy atom. The van der Waals surface area contributed by atoms with E-state index in [2.05, 4.69) is 26.9 Å². The lowest BCUT2D eigenvalue weighted by Crippen LogP contribution is -2.46. The lowest BCUT2D eigenvalue weighted by molar-refractivity contribution is 0.247. The van der Waals surface area contributed by atoms with E-state index in [9.17, 15) is 0 Å². The van der Waals surface area contributed by atoms with Gasteiger partial charge in [-0.25, -0.2) is 4.98 Å². The molecular weight excluding hydrogens is 284 g/mol. The van der Waals surface area contributed by atoms with Gasteiger partial charge in [-0.3, -0.25) is 4.90 Å². The Balaban J connectivity index is 1.54. The van der Waals surface area contributed by atoms with Crippen LogP contribution in [-0.4, -0.2) is 43.2 Å². The second kappa shape index (κ2) is 6.32.